The predicted octanol–water partition coefficient (Wildman–Crippen LogP) is 0.386. The number of carbonyl (C=O) groups excluding carboxylic acids is 1. The van der Waals surface area contributed by atoms with Gasteiger partial charge in [-0.3, -0.25) is 4.79 Å². The summed E-state index contributed by atoms with van der Waals surface area (Å²) in [5.74, 6) is -0.301. The molecule has 4 heteroatoms. The summed E-state index contributed by atoms with van der Waals surface area (Å²) in [5, 5.41) is 4.77. The number of carbonyl (C=O) groups is 1. The molecule has 0 aromatic carbocycles. The van der Waals surface area contributed by atoms with Crippen LogP contribution in [0.1, 0.15) is 13.3 Å². The predicted molar refractivity (Wildman–Crippen MR) is 42.1 cm³/mol. The van der Waals surface area contributed by atoms with Gasteiger partial charge in [0, 0.05) is 6.20 Å². The van der Waals surface area contributed by atoms with Crippen molar-refractivity contribution in [2.24, 2.45) is 5.73 Å². The average Bonchev–Trinajstić information content (AvgIpc) is 2.35. The molecule has 0 bridgehead atoms. The van der Waals surface area contributed by atoms with Gasteiger partial charge in [0.15, 0.2) is 4.87 Å². The second-order valence-corrected chi connectivity index (χ2v) is 3.31. The zero-order valence-corrected chi connectivity index (χ0v) is 6.57. The van der Waals surface area contributed by atoms with E-state index in [2.05, 4.69) is 5.32 Å². The van der Waals surface area contributed by atoms with E-state index in [1.54, 1.807) is 6.20 Å². The van der Waals surface area contributed by atoms with Crippen molar-refractivity contribution in [2.75, 3.05) is 0 Å². The van der Waals surface area contributed by atoms with Crippen LogP contribution < -0.4 is 11.1 Å². The summed E-state index contributed by atoms with van der Waals surface area (Å²) in [7, 11) is 0. The number of hydrogen-bond donors (Lipinski definition) is 2. The molecule has 56 valence electrons. The van der Waals surface area contributed by atoms with Crippen LogP contribution in [0.5, 0.6) is 0 Å². The number of nitrogens with one attached hydrogen (secondary N) is 1. The van der Waals surface area contributed by atoms with Gasteiger partial charge in [0.25, 0.3) is 5.91 Å². The minimum Gasteiger partial charge on any atom is -0.368 e. The number of thioether (sulfide) groups is 1. The van der Waals surface area contributed by atoms with Crippen LogP contribution in [0.4, 0.5) is 0 Å². The standard InChI is InChI=1S/C6H10N2OS/c1-2-6(5(7)9)8-3-4-10-6/h3-4,8H,2H2,1H3,(H2,7,9). The number of hydrogen-bond acceptors (Lipinski definition) is 3. The zero-order chi connectivity index (χ0) is 7.61. The Balaban J connectivity index is 2.70. The summed E-state index contributed by atoms with van der Waals surface area (Å²) < 4.78 is 0. The fourth-order valence-corrected chi connectivity index (χ4v) is 1.63. The van der Waals surface area contributed by atoms with E-state index in [1.165, 1.54) is 11.8 Å². The lowest BCUT2D eigenvalue weighted by atomic mass is 10.2. The Kier molecular flexibility index (Phi) is 1.89. The lowest BCUT2D eigenvalue weighted by molar-refractivity contribution is -0.120. The Bertz CT molecular complexity index is 171. The molecule has 1 rings (SSSR count). The second-order valence-electron chi connectivity index (χ2n) is 2.11. The van der Waals surface area contributed by atoms with Crippen LogP contribution in [0.2, 0.25) is 0 Å². The van der Waals surface area contributed by atoms with Crippen LogP contribution in [-0.2, 0) is 4.79 Å². The third-order valence-corrected chi connectivity index (χ3v) is 2.83. The lowest BCUT2D eigenvalue weighted by Gasteiger charge is -2.22. The summed E-state index contributed by atoms with van der Waals surface area (Å²) in [6.45, 7) is 1.93. The zero-order valence-electron chi connectivity index (χ0n) is 5.76. The molecule has 1 aliphatic heterocycles. The van der Waals surface area contributed by atoms with Gasteiger partial charge in [-0.05, 0) is 11.8 Å². The molecule has 1 atom stereocenters. The Morgan fingerprint density at radius 1 is 1.90 bits per heavy atom. The first-order valence-corrected chi connectivity index (χ1v) is 3.99. The Hall–Kier alpha value is -0.640. The highest BCUT2D eigenvalue weighted by atomic mass is 32.2. The SMILES string of the molecule is CCC1(C(N)=O)NC=CS1. The highest BCUT2D eigenvalue weighted by Crippen LogP contribution is 2.30. The first-order valence-electron chi connectivity index (χ1n) is 3.12. The lowest BCUT2D eigenvalue weighted by Crippen LogP contribution is -2.47. The number of rotatable bonds is 2. The van der Waals surface area contributed by atoms with E-state index < -0.39 is 4.87 Å². The minimum atomic E-state index is -0.569. The monoisotopic (exact) mass is 158 g/mol. The smallest absolute Gasteiger partial charge is 0.253 e. The molecule has 0 aromatic rings. The van der Waals surface area contributed by atoms with Crippen molar-refractivity contribution in [3.63, 3.8) is 0 Å². The number of amides is 1. The third kappa shape index (κ3) is 0.988. The fourth-order valence-electron chi connectivity index (χ4n) is 0.842. The molecule has 1 unspecified atom stereocenters. The molecule has 1 aliphatic rings. The van der Waals surface area contributed by atoms with E-state index in [0.29, 0.717) is 6.42 Å². The molecule has 3 nitrogen and oxygen atoms in total. The maximum atomic E-state index is 10.9. The third-order valence-electron chi connectivity index (χ3n) is 1.55. The first-order chi connectivity index (χ1) is 4.71. The Morgan fingerprint density at radius 3 is 2.80 bits per heavy atom. The minimum absolute atomic E-state index is 0.301. The van der Waals surface area contributed by atoms with Crippen molar-refractivity contribution in [1.29, 1.82) is 0 Å². The first kappa shape index (κ1) is 7.47. The van der Waals surface area contributed by atoms with Crippen LogP contribution >= 0.6 is 11.8 Å². The molecular formula is C6H10N2OS. The maximum Gasteiger partial charge on any atom is 0.253 e. The molecule has 3 N–H and O–H groups in total. The van der Waals surface area contributed by atoms with E-state index >= 15 is 0 Å². The average molecular weight is 158 g/mol. The Morgan fingerprint density at radius 2 is 2.60 bits per heavy atom. The molecule has 0 aromatic heterocycles. The van der Waals surface area contributed by atoms with Gasteiger partial charge in [-0.2, -0.15) is 0 Å². The molecule has 0 saturated heterocycles. The van der Waals surface area contributed by atoms with Gasteiger partial charge in [0.2, 0.25) is 0 Å². The van der Waals surface area contributed by atoms with Gasteiger partial charge in [0.1, 0.15) is 0 Å². The maximum absolute atomic E-state index is 10.9. The van der Waals surface area contributed by atoms with E-state index in [-0.39, 0.29) is 5.91 Å². The summed E-state index contributed by atoms with van der Waals surface area (Å²) in [6, 6.07) is 0. The van der Waals surface area contributed by atoms with E-state index in [4.69, 9.17) is 5.73 Å². The van der Waals surface area contributed by atoms with Crippen LogP contribution in [0, 0.1) is 0 Å². The van der Waals surface area contributed by atoms with Gasteiger partial charge >= 0.3 is 0 Å². The highest BCUT2D eigenvalue weighted by Gasteiger charge is 2.35. The van der Waals surface area contributed by atoms with Crippen molar-refractivity contribution in [2.45, 2.75) is 18.2 Å². The van der Waals surface area contributed by atoms with Crippen LogP contribution in [0.3, 0.4) is 0 Å². The Labute approximate surface area is 64.0 Å². The number of nitrogens with two attached hydrogens (primary N) is 1. The molecule has 0 aliphatic carbocycles. The molecule has 1 heterocycles. The van der Waals surface area contributed by atoms with Crippen molar-refractivity contribution < 1.29 is 4.79 Å². The summed E-state index contributed by atoms with van der Waals surface area (Å²) in [5.41, 5.74) is 5.18. The van der Waals surface area contributed by atoms with Crippen molar-refractivity contribution in [1.82, 2.24) is 5.32 Å². The molecule has 0 fully saturated rings. The summed E-state index contributed by atoms with van der Waals surface area (Å²) >= 11 is 1.43. The van der Waals surface area contributed by atoms with Crippen LogP contribution in [0.15, 0.2) is 11.6 Å². The van der Waals surface area contributed by atoms with Gasteiger partial charge < -0.3 is 11.1 Å². The van der Waals surface area contributed by atoms with Gasteiger partial charge in [-0.1, -0.05) is 18.7 Å². The fraction of sp³-hybridized carbons (Fsp3) is 0.500. The molecule has 1 amide bonds. The number of primary amides is 1. The molecule has 0 spiro atoms. The van der Waals surface area contributed by atoms with Crippen molar-refractivity contribution >= 4 is 17.7 Å². The molecule has 10 heavy (non-hydrogen) atoms. The topological polar surface area (TPSA) is 55.1 Å². The van der Waals surface area contributed by atoms with Gasteiger partial charge in [-0.15, -0.1) is 0 Å². The molecule has 0 radical (unpaired) electrons. The van der Waals surface area contributed by atoms with Crippen molar-refractivity contribution in [3.8, 4) is 0 Å². The van der Waals surface area contributed by atoms with Gasteiger partial charge in [-0.25, -0.2) is 0 Å². The van der Waals surface area contributed by atoms with Crippen molar-refractivity contribution in [3.05, 3.63) is 11.6 Å². The highest BCUT2D eigenvalue weighted by molar-refractivity contribution is 8.04. The van der Waals surface area contributed by atoms with Gasteiger partial charge in [0.05, 0.1) is 0 Å². The molecule has 0 saturated carbocycles. The van der Waals surface area contributed by atoms with E-state index in [0.717, 1.165) is 0 Å². The van der Waals surface area contributed by atoms with E-state index in [1.807, 2.05) is 12.3 Å². The summed E-state index contributed by atoms with van der Waals surface area (Å²) in [4.78, 5) is 10.3. The van der Waals surface area contributed by atoms with Crippen LogP contribution in [0.25, 0.3) is 0 Å². The summed E-state index contributed by atoms with van der Waals surface area (Å²) in [6.07, 6.45) is 2.46. The largest absolute Gasteiger partial charge is 0.368 e. The quantitative estimate of drug-likeness (QED) is 0.611. The molecular weight excluding hydrogens is 148 g/mol. The second kappa shape index (κ2) is 2.54. The van der Waals surface area contributed by atoms with Crippen LogP contribution in [-0.4, -0.2) is 10.8 Å². The normalized spacial score (nSPS) is 30.1. The van der Waals surface area contributed by atoms with E-state index in [9.17, 15) is 4.79 Å².